The first-order valence-electron chi connectivity index (χ1n) is 8.29. The minimum Gasteiger partial charge on any atom is -0.459 e. The molecule has 0 aliphatic heterocycles. The van der Waals surface area contributed by atoms with E-state index in [-0.39, 0.29) is 17.9 Å². The number of ether oxygens (including phenoxy) is 2. The maximum Gasteiger partial charge on any atom is 0.323 e. The highest BCUT2D eigenvalue weighted by Crippen LogP contribution is 2.15. The van der Waals surface area contributed by atoms with Crippen molar-refractivity contribution in [1.82, 2.24) is 5.32 Å². The zero-order valence-corrected chi connectivity index (χ0v) is 15.3. The molecular weight excluding hydrogens is 290 g/mol. The number of methoxy groups -OCH3 is 1. The van der Waals surface area contributed by atoms with Gasteiger partial charge in [-0.2, -0.15) is 0 Å². The molecule has 0 heterocycles. The van der Waals surface area contributed by atoms with Crippen molar-refractivity contribution in [2.75, 3.05) is 7.11 Å². The molecule has 1 aromatic rings. The highest BCUT2D eigenvalue weighted by atomic mass is 16.6. The maximum absolute atomic E-state index is 12.4. The van der Waals surface area contributed by atoms with Crippen LogP contribution in [0.5, 0.6) is 0 Å². The number of nitrogens with one attached hydrogen (secondary N) is 1. The first kappa shape index (κ1) is 19.7. The molecule has 4 heteroatoms. The van der Waals surface area contributed by atoms with Crippen LogP contribution in [0.3, 0.4) is 0 Å². The predicted octanol–water partition coefficient (Wildman–Crippen LogP) is 3.68. The van der Waals surface area contributed by atoms with Crippen LogP contribution in [0.4, 0.5) is 0 Å². The van der Waals surface area contributed by atoms with Crippen LogP contribution in [0.2, 0.25) is 0 Å². The van der Waals surface area contributed by atoms with Gasteiger partial charge in [0, 0.05) is 13.7 Å². The zero-order valence-electron chi connectivity index (χ0n) is 15.3. The Bertz CT molecular complexity index is 476. The van der Waals surface area contributed by atoms with E-state index in [2.05, 4.69) is 31.3 Å². The first-order valence-corrected chi connectivity index (χ1v) is 8.29. The lowest BCUT2D eigenvalue weighted by Crippen LogP contribution is -2.45. The maximum atomic E-state index is 12.4. The van der Waals surface area contributed by atoms with Crippen molar-refractivity contribution in [3.8, 4) is 0 Å². The van der Waals surface area contributed by atoms with Gasteiger partial charge in [-0.15, -0.1) is 0 Å². The van der Waals surface area contributed by atoms with Crippen molar-refractivity contribution in [3.05, 3.63) is 35.4 Å². The molecule has 0 unspecified atom stereocenters. The minimum atomic E-state index is -0.466. The summed E-state index contributed by atoms with van der Waals surface area (Å²) < 4.78 is 10.7. The van der Waals surface area contributed by atoms with Crippen molar-refractivity contribution in [2.45, 2.75) is 65.8 Å². The summed E-state index contributed by atoms with van der Waals surface area (Å²) in [5, 5.41) is 3.35. The Morgan fingerprint density at radius 1 is 1.17 bits per heavy atom. The molecule has 4 nitrogen and oxygen atoms in total. The third-order valence-corrected chi connectivity index (χ3v) is 3.73. The molecule has 0 aromatic heterocycles. The van der Waals surface area contributed by atoms with Crippen molar-refractivity contribution in [1.29, 1.82) is 0 Å². The third kappa shape index (κ3) is 7.14. The van der Waals surface area contributed by atoms with Gasteiger partial charge in [0.1, 0.15) is 11.6 Å². The number of benzene rings is 1. The van der Waals surface area contributed by atoms with Crippen LogP contribution in [0, 0.1) is 5.92 Å². The van der Waals surface area contributed by atoms with Crippen LogP contribution in [-0.4, -0.2) is 24.7 Å². The van der Waals surface area contributed by atoms with Gasteiger partial charge in [-0.05, 0) is 37.8 Å². The van der Waals surface area contributed by atoms with Crippen molar-refractivity contribution in [2.24, 2.45) is 5.92 Å². The largest absolute Gasteiger partial charge is 0.459 e. The van der Waals surface area contributed by atoms with Crippen LogP contribution >= 0.6 is 0 Å². The average Bonchev–Trinajstić information content (AvgIpc) is 2.47. The molecule has 0 amide bonds. The Labute approximate surface area is 140 Å². The van der Waals surface area contributed by atoms with Gasteiger partial charge >= 0.3 is 5.97 Å². The van der Waals surface area contributed by atoms with E-state index in [0.29, 0.717) is 13.2 Å². The Morgan fingerprint density at radius 3 is 2.22 bits per heavy atom. The van der Waals surface area contributed by atoms with Crippen LogP contribution in [0.1, 0.15) is 52.2 Å². The van der Waals surface area contributed by atoms with Gasteiger partial charge < -0.3 is 14.8 Å². The minimum absolute atomic E-state index is 0.178. The molecule has 0 radical (unpaired) electrons. The highest BCUT2D eigenvalue weighted by molar-refractivity contribution is 5.76. The summed E-state index contributed by atoms with van der Waals surface area (Å²) in [7, 11) is 1.69. The van der Waals surface area contributed by atoms with E-state index >= 15 is 0 Å². The normalized spacial score (nSPS) is 14.3. The molecule has 0 fully saturated rings. The van der Waals surface area contributed by atoms with E-state index in [1.165, 1.54) is 0 Å². The molecule has 0 aliphatic rings. The lowest BCUT2D eigenvalue weighted by molar-refractivity contribution is -0.159. The van der Waals surface area contributed by atoms with Crippen LogP contribution < -0.4 is 5.32 Å². The van der Waals surface area contributed by atoms with E-state index in [0.717, 1.165) is 17.5 Å². The molecule has 130 valence electrons. The lowest BCUT2D eigenvalue weighted by atomic mass is 9.98. The number of hydrogen-bond donors (Lipinski definition) is 1. The van der Waals surface area contributed by atoms with E-state index in [9.17, 15) is 4.79 Å². The summed E-state index contributed by atoms with van der Waals surface area (Å²) in [6.07, 6.45) is 0.920. The monoisotopic (exact) mass is 321 g/mol. The van der Waals surface area contributed by atoms with E-state index in [1.807, 2.05) is 32.9 Å². The Kier molecular flexibility index (Phi) is 7.73. The molecule has 0 aliphatic carbocycles. The van der Waals surface area contributed by atoms with Gasteiger partial charge in [0.05, 0.1) is 6.61 Å². The molecular formula is C19H31NO3. The highest BCUT2D eigenvalue weighted by Gasteiger charge is 2.28. The van der Waals surface area contributed by atoms with E-state index in [4.69, 9.17) is 9.47 Å². The molecule has 0 spiro atoms. The quantitative estimate of drug-likeness (QED) is 0.742. The fourth-order valence-electron chi connectivity index (χ4n) is 2.27. The molecule has 1 aromatic carbocycles. The SMILES string of the molecule is CC[C@H](C)[C@H](NCc1ccc(COC)cc1)C(=O)OC(C)(C)C. The second-order valence-corrected chi connectivity index (χ2v) is 7.03. The number of rotatable bonds is 8. The molecule has 0 bridgehead atoms. The smallest absolute Gasteiger partial charge is 0.323 e. The number of hydrogen-bond acceptors (Lipinski definition) is 4. The summed E-state index contributed by atoms with van der Waals surface area (Å²) in [5.41, 5.74) is 1.82. The molecule has 2 atom stereocenters. The van der Waals surface area contributed by atoms with Gasteiger partial charge in [0.15, 0.2) is 0 Å². The fraction of sp³-hybridized carbons (Fsp3) is 0.632. The van der Waals surface area contributed by atoms with Gasteiger partial charge in [-0.1, -0.05) is 44.5 Å². The molecule has 0 saturated carbocycles. The second-order valence-electron chi connectivity index (χ2n) is 7.03. The Hall–Kier alpha value is -1.39. The summed E-state index contributed by atoms with van der Waals surface area (Å²) in [6.45, 7) is 11.1. The van der Waals surface area contributed by atoms with Gasteiger partial charge in [-0.25, -0.2) is 0 Å². The lowest BCUT2D eigenvalue weighted by Gasteiger charge is -2.27. The Morgan fingerprint density at radius 2 is 1.74 bits per heavy atom. The number of carbonyl (C=O) groups is 1. The van der Waals surface area contributed by atoms with E-state index < -0.39 is 5.60 Å². The third-order valence-electron chi connectivity index (χ3n) is 3.73. The Balaban J connectivity index is 2.68. The topological polar surface area (TPSA) is 47.6 Å². The van der Waals surface area contributed by atoms with Crippen molar-refractivity contribution >= 4 is 5.97 Å². The van der Waals surface area contributed by atoms with Gasteiger partial charge in [0.25, 0.3) is 0 Å². The molecule has 0 saturated heterocycles. The van der Waals surface area contributed by atoms with Crippen LogP contribution in [-0.2, 0) is 27.4 Å². The van der Waals surface area contributed by atoms with Crippen LogP contribution in [0.15, 0.2) is 24.3 Å². The van der Waals surface area contributed by atoms with Crippen molar-refractivity contribution < 1.29 is 14.3 Å². The second kappa shape index (κ2) is 9.04. The molecule has 1 N–H and O–H groups in total. The van der Waals surface area contributed by atoms with Crippen LogP contribution in [0.25, 0.3) is 0 Å². The summed E-state index contributed by atoms with van der Waals surface area (Å²) in [4.78, 5) is 12.4. The summed E-state index contributed by atoms with van der Waals surface area (Å²) in [5.74, 6) is 0.0421. The van der Waals surface area contributed by atoms with E-state index in [1.54, 1.807) is 7.11 Å². The summed E-state index contributed by atoms with van der Waals surface area (Å²) in [6, 6.07) is 7.92. The van der Waals surface area contributed by atoms with Gasteiger partial charge in [-0.3, -0.25) is 4.79 Å². The van der Waals surface area contributed by atoms with Gasteiger partial charge in [0.2, 0.25) is 0 Å². The average molecular weight is 321 g/mol. The molecule has 23 heavy (non-hydrogen) atoms. The molecule has 1 rings (SSSR count). The summed E-state index contributed by atoms with van der Waals surface area (Å²) >= 11 is 0. The number of carbonyl (C=O) groups excluding carboxylic acids is 1. The fourth-order valence-corrected chi connectivity index (χ4v) is 2.27. The first-order chi connectivity index (χ1) is 10.8. The number of esters is 1. The van der Waals surface area contributed by atoms with Crippen molar-refractivity contribution in [3.63, 3.8) is 0 Å². The zero-order chi connectivity index (χ0) is 17.5. The standard InChI is InChI=1S/C19H31NO3/c1-7-14(2)17(18(21)23-19(3,4)5)20-12-15-8-10-16(11-9-15)13-22-6/h8-11,14,17,20H,7,12-13H2,1-6H3/t14-,17-/m0/s1. The predicted molar refractivity (Wildman–Crippen MR) is 93.1 cm³/mol.